The summed E-state index contributed by atoms with van der Waals surface area (Å²) in [4.78, 5) is 16.6. The van der Waals surface area contributed by atoms with Crippen LogP contribution in [0.15, 0.2) is 18.3 Å². The van der Waals surface area contributed by atoms with Crippen molar-refractivity contribution >= 4 is 5.91 Å². The summed E-state index contributed by atoms with van der Waals surface area (Å²) >= 11 is 0. The first-order valence-electron chi connectivity index (χ1n) is 8.01. The summed E-state index contributed by atoms with van der Waals surface area (Å²) in [5.74, 6) is 0.457. The Hall–Kier alpha value is -1.66. The van der Waals surface area contributed by atoms with Gasteiger partial charge in [0.1, 0.15) is 6.10 Å². The molecule has 118 valence electrons. The number of nitrogens with zero attached hydrogens (tertiary/aromatic N) is 1. The smallest absolute Gasteiger partial charge is 0.251 e. The molecule has 22 heavy (non-hydrogen) atoms. The number of nitrogens with one attached hydrogen (secondary N) is 2. The lowest BCUT2D eigenvalue weighted by Gasteiger charge is -2.38. The van der Waals surface area contributed by atoms with Crippen LogP contribution in [0.4, 0.5) is 0 Å². The molecule has 0 radical (unpaired) electrons. The molecule has 2 N–H and O–H groups in total. The summed E-state index contributed by atoms with van der Waals surface area (Å²) in [6, 6.07) is 3.53. The molecule has 6 heteroatoms. The Labute approximate surface area is 129 Å². The van der Waals surface area contributed by atoms with E-state index in [9.17, 15) is 4.79 Å². The average Bonchev–Trinajstić information content (AvgIpc) is 2.88. The van der Waals surface area contributed by atoms with E-state index in [0.717, 1.165) is 32.4 Å². The molecule has 0 bridgehead atoms. The summed E-state index contributed by atoms with van der Waals surface area (Å²) in [6.07, 6.45) is 6.14. The van der Waals surface area contributed by atoms with Crippen molar-refractivity contribution in [2.75, 3.05) is 19.7 Å². The lowest BCUT2D eigenvalue weighted by molar-refractivity contribution is -0.0360. The van der Waals surface area contributed by atoms with Gasteiger partial charge in [0.2, 0.25) is 5.88 Å². The molecule has 1 aliphatic carbocycles. The molecule has 1 aromatic heterocycles. The molecule has 1 aromatic rings. The van der Waals surface area contributed by atoms with Crippen LogP contribution in [0.5, 0.6) is 5.88 Å². The van der Waals surface area contributed by atoms with Gasteiger partial charge in [-0.15, -0.1) is 0 Å². The SMILES string of the molecule is O=C(NC1COC2(CNC2)C1)c1ccnc(OC2CCC2)c1. The average molecular weight is 303 g/mol. The summed E-state index contributed by atoms with van der Waals surface area (Å²) in [6.45, 7) is 2.35. The van der Waals surface area contributed by atoms with Crippen LogP contribution in [0.2, 0.25) is 0 Å². The fraction of sp³-hybridized carbons (Fsp3) is 0.625. The third kappa shape index (κ3) is 2.68. The molecular formula is C16H21N3O3. The Morgan fingerprint density at radius 3 is 2.95 bits per heavy atom. The van der Waals surface area contributed by atoms with E-state index in [4.69, 9.17) is 9.47 Å². The minimum absolute atomic E-state index is 0.0469. The predicted molar refractivity (Wildman–Crippen MR) is 79.9 cm³/mol. The van der Waals surface area contributed by atoms with Crippen LogP contribution < -0.4 is 15.4 Å². The van der Waals surface area contributed by atoms with Crippen LogP contribution in [-0.4, -0.2) is 48.3 Å². The zero-order valence-electron chi connectivity index (χ0n) is 12.5. The number of amides is 1. The zero-order chi connectivity index (χ0) is 15.0. The monoisotopic (exact) mass is 303 g/mol. The lowest BCUT2D eigenvalue weighted by atomic mass is 9.92. The van der Waals surface area contributed by atoms with Gasteiger partial charge in [0.05, 0.1) is 18.2 Å². The van der Waals surface area contributed by atoms with Gasteiger partial charge in [-0.05, 0) is 25.3 Å². The van der Waals surface area contributed by atoms with Crippen LogP contribution in [0.1, 0.15) is 36.0 Å². The van der Waals surface area contributed by atoms with Gasteiger partial charge in [0, 0.05) is 37.3 Å². The van der Waals surface area contributed by atoms with E-state index in [2.05, 4.69) is 15.6 Å². The Morgan fingerprint density at radius 1 is 1.45 bits per heavy atom. The van der Waals surface area contributed by atoms with Crippen LogP contribution in [0, 0.1) is 0 Å². The highest BCUT2D eigenvalue weighted by molar-refractivity contribution is 5.94. The summed E-state index contributed by atoms with van der Waals surface area (Å²) in [7, 11) is 0. The van der Waals surface area contributed by atoms with Crippen LogP contribution in [0.3, 0.4) is 0 Å². The van der Waals surface area contributed by atoms with E-state index in [1.165, 1.54) is 6.42 Å². The predicted octanol–water partition coefficient (Wildman–Crippen LogP) is 0.874. The Kier molecular flexibility index (Phi) is 3.50. The molecule has 3 heterocycles. The van der Waals surface area contributed by atoms with Crippen molar-refractivity contribution in [3.8, 4) is 5.88 Å². The minimum Gasteiger partial charge on any atom is -0.474 e. The third-order valence-corrected chi connectivity index (χ3v) is 4.78. The molecule has 6 nitrogen and oxygen atoms in total. The fourth-order valence-corrected chi connectivity index (χ4v) is 3.13. The lowest BCUT2D eigenvalue weighted by Crippen LogP contribution is -2.59. The van der Waals surface area contributed by atoms with Crippen molar-refractivity contribution in [3.05, 3.63) is 23.9 Å². The number of rotatable bonds is 4. The van der Waals surface area contributed by atoms with Crippen LogP contribution >= 0.6 is 0 Å². The zero-order valence-corrected chi connectivity index (χ0v) is 12.5. The molecule has 1 saturated carbocycles. The van der Waals surface area contributed by atoms with Gasteiger partial charge in [-0.25, -0.2) is 4.98 Å². The number of aromatic nitrogens is 1. The first-order valence-corrected chi connectivity index (χ1v) is 8.01. The topological polar surface area (TPSA) is 72.5 Å². The maximum absolute atomic E-state index is 12.4. The highest BCUT2D eigenvalue weighted by Gasteiger charge is 2.45. The van der Waals surface area contributed by atoms with Crippen molar-refractivity contribution < 1.29 is 14.3 Å². The summed E-state index contributed by atoms with van der Waals surface area (Å²) < 4.78 is 11.6. The molecule has 4 rings (SSSR count). The summed E-state index contributed by atoms with van der Waals surface area (Å²) in [5, 5.41) is 6.28. The third-order valence-electron chi connectivity index (χ3n) is 4.78. The number of ether oxygens (including phenoxy) is 2. The first kappa shape index (κ1) is 14.0. The fourth-order valence-electron chi connectivity index (χ4n) is 3.13. The molecule has 2 aliphatic heterocycles. The van der Waals surface area contributed by atoms with E-state index in [1.807, 2.05) is 0 Å². The first-order chi connectivity index (χ1) is 10.7. The molecular weight excluding hydrogens is 282 g/mol. The van der Waals surface area contributed by atoms with Gasteiger partial charge in [0.25, 0.3) is 5.91 Å². The van der Waals surface area contributed by atoms with Crippen LogP contribution in [0.25, 0.3) is 0 Å². The van der Waals surface area contributed by atoms with Crippen molar-refractivity contribution in [1.29, 1.82) is 0 Å². The Morgan fingerprint density at radius 2 is 2.32 bits per heavy atom. The van der Waals surface area contributed by atoms with Gasteiger partial charge < -0.3 is 20.1 Å². The molecule has 1 atom stereocenters. The van der Waals surface area contributed by atoms with E-state index in [-0.39, 0.29) is 23.7 Å². The summed E-state index contributed by atoms with van der Waals surface area (Å²) in [5.41, 5.74) is 0.548. The number of carbonyl (C=O) groups is 1. The van der Waals surface area contributed by atoms with Crippen molar-refractivity contribution in [3.63, 3.8) is 0 Å². The van der Waals surface area contributed by atoms with Crippen molar-refractivity contribution in [2.45, 2.75) is 43.4 Å². The number of carbonyl (C=O) groups excluding carboxylic acids is 1. The second kappa shape index (κ2) is 5.52. The molecule has 3 aliphatic rings. The van der Waals surface area contributed by atoms with Crippen LogP contribution in [-0.2, 0) is 4.74 Å². The van der Waals surface area contributed by atoms with Gasteiger partial charge in [-0.3, -0.25) is 4.79 Å². The van der Waals surface area contributed by atoms with E-state index in [1.54, 1.807) is 18.3 Å². The Balaban J connectivity index is 1.36. The molecule has 3 fully saturated rings. The highest BCUT2D eigenvalue weighted by atomic mass is 16.5. The van der Waals surface area contributed by atoms with E-state index < -0.39 is 0 Å². The number of hydrogen-bond acceptors (Lipinski definition) is 5. The second-order valence-electron chi connectivity index (χ2n) is 6.53. The van der Waals surface area contributed by atoms with Gasteiger partial charge in [0.15, 0.2) is 0 Å². The number of hydrogen-bond donors (Lipinski definition) is 2. The second-order valence-corrected chi connectivity index (χ2v) is 6.53. The normalized spacial score (nSPS) is 26.3. The van der Waals surface area contributed by atoms with Crippen molar-refractivity contribution in [1.82, 2.24) is 15.6 Å². The molecule has 1 spiro atoms. The quantitative estimate of drug-likeness (QED) is 0.863. The molecule has 1 amide bonds. The Bertz CT molecular complexity index is 570. The molecule has 1 unspecified atom stereocenters. The van der Waals surface area contributed by atoms with Gasteiger partial charge in [-0.2, -0.15) is 0 Å². The maximum atomic E-state index is 12.4. The highest BCUT2D eigenvalue weighted by Crippen LogP contribution is 2.29. The van der Waals surface area contributed by atoms with E-state index in [0.29, 0.717) is 18.1 Å². The molecule has 2 saturated heterocycles. The molecule has 0 aromatic carbocycles. The maximum Gasteiger partial charge on any atom is 0.251 e. The largest absolute Gasteiger partial charge is 0.474 e. The number of pyridine rings is 1. The van der Waals surface area contributed by atoms with Gasteiger partial charge >= 0.3 is 0 Å². The minimum atomic E-state index is -0.0845. The van der Waals surface area contributed by atoms with Crippen molar-refractivity contribution in [2.24, 2.45) is 0 Å². The standard InChI is InChI=1S/C16H21N3O3/c20-15(19-12-7-16(21-8-12)9-17-10-16)11-4-5-18-14(6-11)22-13-2-1-3-13/h4-6,12-13,17H,1-3,7-10H2,(H,19,20). The van der Waals surface area contributed by atoms with Gasteiger partial charge in [-0.1, -0.05) is 0 Å². The van der Waals surface area contributed by atoms with E-state index >= 15 is 0 Å².